The average molecular weight is 312 g/mol. The van der Waals surface area contributed by atoms with Crippen LogP contribution in [0.2, 0.25) is 5.02 Å². The predicted octanol–water partition coefficient (Wildman–Crippen LogP) is 3.61. The van der Waals surface area contributed by atoms with Crippen LogP contribution in [-0.4, -0.2) is 33.4 Å². The van der Waals surface area contributed by atoms with Gasteiger partial charge in [-0.2, -0.15) is 0 Å². The van der Waals surface area contributed by atoms with E-state index < -0.39 is 0 Å². The van der Waals surface area contributed by atoms with Crippen molar-refractivity contribution in [2.24, 2.45) is 0 Å². The van der Waals surface area contributed by atoms with Gasteiger partial charge >= 0.3 is 0 Å². The quantitative estimate of drug-likeness (QED) is 0.857. The molecule has 0 bridgehead atoms. The lowest BCUT2D eigenvalue weighted by Gasteiger charge is -2.18. The number of halogens is 1. The molecule has 2 aromatic rings. The van der Waals surface area contributed by atoms with Crippen LogP contribution in [0, 0.1) is 4.77 Å². The van der Waals surface area contributed by atoms with Crippen molar-refractivity contribution >= 4 is 40.8 Å². The number of aryl methyl sites for hydroxylation is 1. The second-order valence-electron chi connectivity index (χ2n) is 4.56. The van der Waals surface area contributed by atoms with Gasteiger partial charge in [-0.1, -0.05) is 11.6 Å². The number of rotatable bonds is 5. The van der Waals surface area contributed by atoms with Crippen LogP contribution in [-0.2, 0) is 11.3 Å². The Morgan fingerprint density at radius 2 is 2.10 bits per heavy atom. The number of fused-ring (bicyclic) bond motifs is 1. The Bertz CT molecular complexity index is 673. The molecule has 0 saturated heterocycles. The molecule has 0 aliphatic carbocycles. The van der Waals surface area contributed by atoms with E-state index in [1.54, 1.807) is 0 Å². The second-order valence-corrected chi connectivity index (χ2v) is 5.38. The molecule has 0 spiro atoms. The first-order valence-corrected chi connectivity index (χ1v) is 7.51. The molecule has 1 aromatic heterocycles. The highest BCUT2D eigenvalue weighted by Gasteiger charge is 2.11. The van der Waals surface area contributed by atoms with E-state index in [1.807, 2.05) is 41.5 Å². The number of nitrogens with one attached hydrogen (secondary N) is 1. The van der Waals surface area contributed by atoms with E-state index in [9.17, 15) is 4.79 Å². The number of H-pyrrole nitrogens is 1. The van der Waals surface area contributed by atoms with Crippen LogP contribution in [0.3, 0.4) is 0 Å². The van der Waals surface area contributed by atoms with Crippen molar-refractivity contribution in [3.8, 4) is 0 Å². The SMILES string of the molecule is CCN(CC)C(=O)CCn1c(=S)[nH]c2ccc(Cl)cc21. The highest BCUT2D eigenvalue weighted by Crippen LogP contribution is 2.19. The maximum absolute atomic E-state index is 12.1. The maximum atomic E-state index is 12.1. The van der Waals surface area contributed by atoms with Crippen LogP contribution in [0.25, 0.3) is 11.0 Å². The minimum Gasteiger partial charge on any atom is -0.343 e. The third-order valence-electron chi connectivity index (χ3n) is 3.40. The summed E-state index contributed by atoms with van der Waals surface area (Å²) >= 11 is 11.3. The van der Waals surface area contributed by atoms with E-state index >= 15 is 0 Å². The smallest absolute Gasteiger partial charge is 0.224 e. The van der Waals surface area contributed by atoms with Gasteiger partial charge in [0.05, 0.1) is 11.0 Å². The fraction of sp³-hybridized carbons (Fsp3) is 0.429. The molecule has 4 nitrogen and oxygen atoms in total. The Hall–Kier alpha value is -1.33. The van der Waals surface area contributed by atoms with Crippen molar-refractivity contribution < 1.29 is 4.79 Å². The third kappa shape index (κ3) is 3.04. The Balaban J connectivity index is 2.22. The molecular formula is C14H18ClN3OS. The fourth-order valence-electron chi connectivity index (χ4n) is 2.29. The monoisotopic (exact) mass is 311 g/mol. The lowest BCUT2D eigenvalue weighted by Crippen LogP contribution is -2.31. The van der Waals surface area contributed by atoms with Gasteiger partial charge < -0.3 is 14.5 Å². The summed E-state index contributed by atoms with van der Waals surface area (Å²) in [4.78, 5) is 17.0. The summed E-state index contributed by atoms with van der Waals surface area (Å²) in [6.07, 6.45) is 0.440. The second kappa shape index (κ2) is 6.41. The summed E-state index contributed by atoms with van der Waals surface area (Å²) in [6.45, 7) is 6.01. The van der Waals surface area contributed by atoms with Gasteiger partial charge in [0.1, 0.15) is 0 Å². The number of hydrogen-bond donors (Lipinski definition) is 1. The molecule has 0 aliphatic rings. The number of carbonyl (C=O) groups is 1. The van der Waals surface area contributed by atoms with Gasteiger partial charge in [0, 0.05) is 31.1 Å². The molecule has 1 aromatic carbocycles. The lowest BCUT2D eigenvalue weighted by molar-refractivity contribution is -0.131. The molecular weight excluding hydrogens is 294 g/mol. The number of imidazole rings is 1. The summed E-state index contributed by atoms with van der Waals surface area (Å²) < 4.78 is 2.55. The van der Waals surface area contributed by atoms with Gasteiger partial charge in [0.25, 0.3) is 0 Å². The van der Waals surface area contributed by atoms with Crippen molar-refractivity contribution in [2.45, 2.75) is 26.8 Å². The standard InChI is InChI=1S/C14H18ClN3OS/c1-3-17(4-2)13(19)7-8-18-12-9-10(15)5-6-11(12)16-14(18)20/h5-6,9H,3-4,7-8H2,1-2H3,(H,16,20). The first-order chi connectivity index (χ1) is 9.56. The van der Waals surface area contributed by atoms with Crippen LogP contribution < -0.4 is 0 Å². The fourth-order valence-corrected chi connectivity index (χ4v) is 2.76. The minimum absolute atomic E-state index is 0.147. The highest BCUT2D eigenvalue weighted by molar-refractivity contribution is 7.71. The van der Waals surface area contributed by atoms with Crippen molar-refractivity contribution in [3.05, 3.63) is 28.0 Å². The molecule has 0 saturated carbocycles. The van der Waals surface area contributed by atoms with Crippen LogP contribution in [0.15, 0.2) is 18.2 Å². The summed E-state index contributed by atoms with van der Waals surface area (Å²) in [6, 6.07) is 5.59. The van der Waals surface area contributed by atoms with Gasteiger partial charge in [0.15, 0.2) is 4.77 Å². The van der Waals surface area contributed by atoms with Crippen LogP contribution >= 0.6 is 23.8 Å². The normalized spacial score (nSPS) is 10.9. The number of nitrogens with zero attached hydrogens (tertiary/aromatic N) is 2. The van der Waals surface area contributed by atoms with Crippen molar-refractivity contribution in [3.63, 3.8) is 0 Å². The number of amides is 1. The van der Waals surface area contributed by atoms with Gasteiger partial charge in [-0.15, -0.1) is 0 Å². The largest absolute Gasteiger partial charge is 0.343 e. The number of aromatic amines is 1. The van der Waals surface area contributed by atoms with E-state index in [1.165, 1.54) is 0 Å². The summed E-state index contributed by atoms with van der Waals surface area (Å²) in [7, 11) is 0. The van der Waals surface area contributed by atoms with Gasteiger partial charge in [-0.25, -0.2) is 0 Å². The lowest BCUT2D eigenvalue weighted by atomic mass is 10.3. The minimum atomic E-state index is 0.147. The zero-order chi connectivity index (χ0) is 14.7. The van der Waals surface area contributed by atoms with Crippen LogP contribution in [0.4, 0.5) is 0 Å². The number of hydrogen-bond acceptors (Lipinski definition) is 2. The Morgan fingerprint density at radius 1 is 1.40 bits per heavy atom. The zero-order valence-corrected chi connectivity index (χ0v) is 13.2. The number of carbonyl (C=O) groups excluding carboxylic acids is 1. The highest BCUT2D eigenvalue weighted by atomic mass is 35.5. The molecule has 108 valence electrons. The molecule has 1 amide bonds. The van der Waals surface area contributed by atoms with Gasteiger partial charge in [-0.3, -0.25) is 4.79 Å². The third-order valence-corrected chi connectivity index (χ3v) is 3.96. The summed E-state index contributed by atoms with van der Waals surface area (Å²) in [5.74, 6) is 0.147. The molecule has 0 radical (unpaired) electrons. The molecule has 0 aliphatic heterocycles. The predicted molar refractivity (Wildman–Crippen MR) is 84.7 cm³/mol. The van der Waals surface area contributed by atoms with Crippen LogP contribution in [0.1, 0.15) is 20.3 Å². The Morgan fingerprint density at radius 3 is 2.75 bits per heavy atom. The maximum Gasteiger partial charge on any atom is 0.224 e. The molecule has 1 N–H and O–H groups in total. The molecule has 6 heteroatoms. The topological polar surface area (TPSA) is 41.0 Å². The van der Waals surface area contributed by atoms with E-state index in [-0.39, 0.29) is 5.91 Å². The summed E-state index contributed by atoms with van der Waals surface area (Å²) in [5.41, 5.74) is 1.88. The van der Waals surface area contributed by atoms with Crippen LogP contribution in [0.5, 0.6) is 0 Å². The van der Waals surface area contributed by atoms with Gasteiger partial charge in [0.2, 0.25) is 5.91 Å². The van der Waals surface area contributed by atoms with E-state index in [0.717, 1.165) is 24.1 Å². The molecule has 1 heterocycles. The van der Waals surface area contributed by atoms with Gasteiger partial charge in [-0.05, 0) is 44.3 Å². The van der Waals surface area contributed by atoms with Crippen molar-refractivity contribution in [1.29, 1.82) is 0 Å². The summed E-state index contributed by atoms with van der Waals surface area (Å²) in [5, 5.41) is 0.662. The molecule has 20 heavy (non-hydrogen) atoms. The van der Waals surface area contributed by atoms with Crippen molar-refractivity contribution in [2.75, 3.05) is 13.1 Å². The molecule has 0 atom stereocenters. The van der Waals surface area contributed by atoms with E-state index in [4.69, 9.17) is 23.8 Å². The number of benzene rings is 1. The zero-order valence-electron chi connectivity index (χ0n) is 11.6. The molecule has 2 rings (SSSR count). The number of aromatic nitrogens is 2. The molecule has 0 unspecified atom stereocenters. The van der Waals surface area contributed by atoms with E-state index in [2.05, 4.69) is 4.98 Å². The van der Waals surface area contributed by atoms with E-state index in [0.29, 0.717) is 22.8 Å². The molecule has 0 fully saturated rings. The average Bonchev–Trinajstić information content (AvgIpc) is 2.73. The Labute approximate surface area is 128 Å². The first-order valence-electron chi connectivity index (χ1n) is 6.72. The van der Waals surface area contributed by atoms with Crippen molar-refractivity contribution in [1.82, 2.24) is 14.5 Å². The first kappa shape index (κ1) is 15.1. The Kier molecular flexibility index (Phi) is 4.83.